The summed E-state index contributed by atoms with van der Waals surface area (Å²) in [6.07, 6.45) is 3.77. The molecule has 0 saturated heterocycles. The van der Waals surface area contributed by atoms with Crippen LogP contribution in [0.3, 0.4) is 0 Å². The first kappa shape index (κ1) is 11.4. The standard InChI is InChI=1S/C13H14N4S/c1-2-14-6-10-8-16-17-13(10)9-5-12-11(15-7-9)3-4-18-12/h3-5,7-8,14H,2,6H2,1H3,(H,16,17). The number of fused-ring (bicyclic) bond motifs is 1. The zero-order valence-electron chi connectivity index (χ0n) is 10.1. The third-order valence-corrected chi connectivity index (χ3v) is 3.73. The number of rotatable bonds is 4. The summed E-state index contributed by atoms with van der Waals surface area (Å²) in [7, 11) is 0. The minimum Gasteiger partial charge on any atom is -0.313 e. The Morgan fingerprint density at radius 1 is 1.39 bits per heavy atom. The summed E-state index contributed by atoms with van der Waals surface area (Å²) < 4.78 is 1.21. The van der Waals surface area contributed by atoms with Crippen LogP contribution < -0.4 is 5.32 Å². The van der Waals surface area contributed by atoms with E-state index in [-0.39, 0.29) is 0 Å². The molecule has 4 nitrogen and oxygen atoms in total. The quantitative estimate of drug-likeness (QED) is 0.756. The highest BCUT2D eigenvalue weighted by Crippen LogP contribution is 2.26. The molecule has 0 bridgehead atoms. The summed E-state index contributed by atoms with van der Waals surface area (Å²) in [5.41, 5.74) is 4.38. The molecule has 0 aliphatic heterocycles. The van der Waals surface area contributed by atoms with E-state index in [0.717, 1.165) is 29.9 Å². The Balaban J connectivity index is 2.00. The molecule has 0 spiro atoms. The molecule has 0 aliphatic rings. The zero-order valence-corrected chi connectivity index (χ0v) is 10.9. The molecule has 3 rings (SSSR count). The van der Waals surface area contributed by atoms with Crippen molar-refractivity contribution in [3.8, 4) is 11.3 Å². The van der Waals surface area contributed by atoms with Gasteiger partial charge in [0.05, 0.1) is 22.1 Å². The highest BCUT2D eigenvalue weighted by atomic mass is 32.1. The second kappa shape index (κ2) is 4.88. The Morgan fingerprint density at radius 3 is 3.22 bits per heavy atom. The van der Waals surface area contributed by atoms with Crippen LogP contribution in [0.15, 0.2) is 29.9 Å². The molecular weight excluding hydrogens is 244 g/mol. The monoisotopic (exact) mass is 258 g/mol. The van der Waals surface area contributed by atoms with Crippen LogP contribution in [0.4, 0.5) is 0 Å². The smallest absolute Gasteiger partial charge is 0.0810 e. The number of aromatic nitrogens is 3. The molecule has 0 unspecified atom stereocenters. The molecule has 0 radical (unpaired) electrons. The summed E-state index contributed by atoms with van der Waals surface area (Å²) >= 11 is 1.71. The number of thiophene rings is 1. The van der Waals surface area contributed by atoms with Crippen LogP contribution in [0.1, 0.15) is 12.5 Å². The van der Waals surface area contributed by atoms with Gasteiger partial charge in [-0.1, -0.05) is 6.92 Å². The van der Waals surface area contributed by atoms with E-state index >= 15 is 0 Å². The number of H-pyrrole nitrogens is 1. The molecule has 92 valence electrons. The van der Waals surface area contributed by atoms with Gasteiger partial charge in [-0.2, -0.15) is 5.10 Å². The molecule has 0 fully saturated rings. The lowest BCUT2D eigenvalue weighted by atomic mass is 10.1. The summed E-state index contributed by atoms with van der Waals surface area (Å²) in [5, 5.41) is 12.6. The van der Waals surface area contributed by atoms with Crippen molar-refractivity contribution in [2.24, 2.45) is 0 Å². The maximum absolute atomic E-state index is 4.46. The van der Waals surface area contributed by atoms with Crippen molar-refractivity contribution < 1.29 is 0 Å². The van der Waals surface area contributed by atoms with E-state index in [1.54, 1.807) is 11.3 Å². The number of hydrogen-bond donors (Lipinski definition) is 2. The van der Waals surface area contributed by atoms with E-state index in [2.05, 4.69) is 38.9 Å². The predicted octanol–water partition coefficient (Wildman–Crippen LogP) is 2.80. The highest BCUT2D eigenvalue weighted by Gasteiger charge is 2.08. The van der Waals surface area contributed by atoms with E-state index in [1.165, 1.54) is 10.3 Å². The molecule has 3 aromatic rings. The Hall–Kier alpha value is -1.72. The fraction of sp³-hybridized carbons (Fsp3) is 0.231. The second-order valence-electron chi connectivity index (χ2n) is 4.08. The minimum absolute atomic E-state index is 0.824. The van der Waals surface area contributed by atoms with Gasteiger partial charge in [-0.05, 0) is 24.1 Å². The van der Waals surface area contributed by atoms with Gasteiger partial charge < -0.3 is 5.32 Å². The topological polar surface area (TPSA) is 53.6 Å². The number of nitrogens with zero attached hydrogens (tertiary/aromatic N) is 2. The number of hydrogen-bond acceptors (Lipinski definition) is 4. The molecule has 0 saturated carbocycles. The van der Waals surface area contributed by atoms with Crippen molar-refractivity contribution in [2.75, 3.05) is 6.54 Å². The molecule has 18 heavy (non-hydrogen) atoms. The van der Waals surface area contributed by atoms with E-state index in [0.29, 0.717) is 0 Å². The third-order valence-electron chi connectivity index (χ3n) is 2.87. The molecule has 3 aromatic heterocycles. The molecule has 0 aliphatic carbocycles. The first-order valence-corrected chi connectivity index (χ1v) is 6.83. The van der Waals surface area contributed by atoms with Crippen molar-refractivity contribution in [3.05, 3.63) is 35.5 Å². The van der Waals surface area contributed by atoms with Gasteiger partial charge in [-0.25, -0.2) is 0 Å². The molecule has 0 atom stereocenters. The first-order chi connectivity index (χ1) is 8.88. The van der Waals surface area contributed by atoms with Gasteiger partial charge in [-0.15, -0.1) is 11.3 Å². The second-order valence-corrected chi connectivity index (χ2v) is 5.03. The van der Waals surface area contributed by atoms with Gasteiger partial charge in [0, 0.05) is 23.9 Å². The van der Waals surface area contributed by atoms with Crippen LogP contribution in [0.5, 0.6) is 0 Å². The fourth-order valence-corrected chi connectivity index (χ4v) is 2.72. The highest BCUT2D eigenvalue weighted by molar-refractivity contribution is 7.17. The largest absolute Gasteiger partial charge is 0.313 e. The number of nitrogens with one attached hydrogen (secondary N) is 2. The zero-order chi connectivity index (χ0) is 12.4. The SMILES string of the molecule is CCNCc1cn[nH]c1-c1cnc2ccsc2c1. The van der Waals surface area contributed by atoms with Crippen molar-refractivity contribution in [3.63, 3.8) is 0 Å². The maximum atomic E-state index is 4.46. The van der Waals surface area contributed by atoms with Gasteiger partial charge in [0.25, 0.3) is 0 Å². The lowest BCUT2D eigenvalue weighted by molar-refractivity contribution is 0.728. The summed E-state index contributed by atoms with van der Waals surface area (Å²) in [6.45, 7) is 3.87. The predicted molar refractivity (Wildman–Crippen MR) is 74.6 cm³/mol. The van der Waals surface area contributed by atoms with Gasteiger partial charge in [-0.3, -0.25) is 10.1 Å². The molecule has 5 heteroatoms. The average molecular weight is 258 g/mol. The van der Waals surface area contributed by atoms with Crippen LogP contribution >= 0.6 is 11.3 Å². The molecular formula is C13H14N4S. The molecule has 2 N–H and O–H groups in total. The normalized spacial score (nSPS) is 11.2. The van der Waals surface area contributed by atoms with Gasteiger partial charge in [0.2, 0.25) is 0 Å². The fourth-order valence-electron chi connectivity index (χ4n) is 1.94. The summed E-state index contributed by atoms with van der Waals surface area (Å²) in [5.74, 6) is 0. The van der Waals surface area contributed by atoms with Gasteiger partial charge in [0.1, 0.15) is 0 Å². The Labute approximate surface area is 109 Å². The lowest BCUT2D eigenvalue weighted by Gasteiger charge is -2.03. The van der Waals surface area contributed by atoms with Crippen LogP contribution in [-0.2, 0) is 6.54 Å². The van der Waals surface area contributed by atoms with Gasteiger partial charge in [0.15, 0.2) is 0 Å². The van der Waals surface area contributed by atoms with Crippen LogP contribution in [-0.4, -0.2) is 21.7 Å². The Kier molecular flexibility index (Phi) is 3.08. The van der Waals surface area contributed by atoms with Crippen molar-refractivity contribution in [1.29, 1.82) is 0 Å². The van der Waals surface area contributed by atoms with E-state index in [9.17, 15) is 0 Å². The lowest BCUT2D eigenvalue weighted by Crippen LogP contribution is -2.11. The maximum Gasteiger partial charge on any atom is 0.0810 e. The van der Waals surface area contributed by atoms with E-state index < -0.39 is 0 Å². The van der Waals surface area contributed by atoms with E-state index in [1.807, 2.05) is 18.5 Å². The first-order valence-electron chi connectivity index (χ1n) is 5.95. The average Bonchev–Trinajstić information content (AvgIpc) is 3.03. The Morgan fingerprint density at radius 2 is 2.33 bits per heavy atom. The number of aromatic amines is 1. The molecule has 3 heterocycles. The van der Waals surface area contributed by atoms with Crippen LogP contribution in [0.2, 0.25) is 0 Å². The Bertz CT molecular complexity index is 656. The van der Waals surface area contributed by atoms with Crippen molar-refractivity contribution in [2.45, 2.75) is 13.5 Å². The van der Waals surface area contributed by atoms with Crippen LogP contribution in [0, 0.1) is 0 Å². The van der Waals surface area contributed by atoms with Crippen LogP contribution in [0.25, 0.3) is 21.5 Å². The summed E-state index contributed by atoms with van der Waals surface area (Å²) in [4.78, 5) is 4.46. The number of pyridine rings is 1. The third kappa shape index (κ3) is 2.02. The van der Waals surface area contributed by atoms with Crippen molar-refractivity contribution in [1.82, 2.24) is 20.5 Å². The molecule has 0 amide bonds. The van der Waals surface area contributed by atoms with E-state index in [4.69, 9.17) is 0 Å². The van der Waals surface area contributed by atoms with Gasteiger partial charge >= 0.3 is 0 Å². The minimum atomic E-state index is 0.824. The van der Waals surface area contributed by atoms with Crippen molar-refractivity contribution >= 4 is 21.6 Å². The summed E-state index contributed by atoms with van der Waals surface area (Å²) in [6, 6.07) is 4.20. The molecule has 0 aromatic carbocycles.